The fourth-order valence-corrected chi connectivity index (χ4v) is 9.43. The fraction of sp³-hybridized carbons (Fsp3) is 0. The molecular weight excluding hydrogens is 759 g/mol. The summed E-state index contributed by atoms with van der Waals surface area (Å²) < 4.78 is 8.65. The van der Waals surface area contributed by atoms with E-state index in [9.17, 15) is 0 Å². The highest BCUT2D eigenvalue weighted by atomic mass is 16.3. The van der Waals surface area contributed by atoms with Crippen molar-refractivity contribution in [1.82, 2.24) is 24.5 Å². The normalized spacial score (nSPS) is 11.9. The molecule has 0 unspecified atom stereocenters. The van der Waals surface area contributed by atoms with Gasteiger partial charge in [-0.15, -0.1) is 0 Å². The Hall–Kier alpha value is -8.48. The van der Waals surface area contributed by atoms with E-state index in [4.69, 9.17) is 19.4 Å². The average molecular weight is 792 g/mol. The number of pyridine rings is 1. The van der Waals surface area contributed by atoms with Crippen molar-refractivity contribution >= 4 is 76.1 Å². The smallest absolute Gasteiger partial charge is 0.164 e. The molecule has 0 radical (unpaired) electrons. The monoisotopic (exact) mass is 791 g/mol. The van der Waals surface area contributed by atoms with Crippen LogP contribution in [-0.2, 0) is 0 Å². The summed E-state index contributed by atoms with van der Waals surface area (Å²) in [5.74, 6) is 1.76. The molecule has 4 heterocycles. The zero-order valence-electron chi connectivity index (χ0n) is 33.2. The third-order valence-corrected chi connectivity index (χ3v) is 12.3. The van der Waals surface area contributed by atoms with Gasteiger partial charge in [0.2, 0.25) is 0 Å². The van der Waals surface area contributed by atoms with Gasteiger partial charge in [0.25, 0.3) is 0 Å². The molecule has 0 atom stereocenters. The van der Waals surface area contributed by atoms with Crippen LogP contribution < -0.4 is 0 Å². The van der Waals surface area contributed by atoms with E-state index in [-0.39, 0.29) is 0 Å². The zero-order chi connectivity index (χ0) is 40.7. The van der Waals surface area contributed by atoms with Crippen LogP contribution in [0.3, 0.4) is 0 Å². The van der Waals surface area contributed by atoms with E-state index in [0.29, 0.717) is 17.5 Å². The first kappa shape index (κ1) is 34.4. The van der Waals surface area contributed by atoms with Gasteiger partial charge in [-0.05, 0) is 98.0 Å². The molecule has 6 heteroatoms. The van der Waals surface area contributed by atoms with E-state index in [1.54, 1.807) is 12.4 Å². The standard InChI is InChI=1S/C56H33N5O/c1-2-12-37-32-50-47(30-36(37)11-1)44-19-7-8-21-49(44)61(50)40-25-23-34(24-26-40)35-14-9-15-39(29-35)54-58-55(46-20-10-22-51-53(46)45-27-28-57-33-52(45)62-51)60-56(59-54)48-31-38-13-3-4-16-41(38)42-17-5-6-18-43(42)48/h1-33H. The summed E-state index contributed by atoms with van der Waals surface area (Å²) in [5.41, 5.74) is 9.83. The first-order chi connectivity index (χ1) is 30.7. The summed E-state index contributed by atoms with van der Waals surface area (Å²) in [4.78, 5) is 20.2. The van der Waals surface area contributed by atoms with Crippen molar-refractivity contribution in [3.8, 4) is 51.0 Å². The Morgan fingerprint density at radius 1 is 0.371 bits per heavy atom. The first-order valence-corrected chi connectivity index (χ1v) is 20.8. The summed E-state index contributed by atoms with van der Waals surface area (Å²) >= 11 is 0. The lowest BCUT2D eigenvalue weighted by atomic mass is 9.96. The number of fused-ring (bicyclic) bond motifs is 10. The van der Waals surface area contributed by atoms with Crippen LogP contribution in [0.4, 0.5) is 0 Å². The predicted octanol–water partition coefficient (Wildman–Crippen LogP) is 14.4. The van der Waals surface area contributed by atoms with Crippen LogP contribution in [0.15, 0.2) is 205 Å². The van der Waals surface area contributed by atoms with Crippen molar-refractivity contribution in [2.75, 3.05) is 0 Å². The lowest BCUT2D eigenvalue weighted by Crippen LogP contribution is -2.01. The van der Waals surface area contributed by atoms with E-state index in [0.717, 1.165) is 71.6 Å². The van der Waals surface area contributed by atoms with Crippen LogP contribution in [-0.4, -0.2) is 24.5 Å². The Morgan fingerprint density at radius 2 is 1.05 bits per heavy atom. The Kier molecular flexibility index (Phi) is 7.50. The maximum absolute atomic E-state index is 6.27. The highest BCUT2D eigenvalue weighted by Crippen LogP contribution is 2.40. The molecule has 0 saturated carbocycles. The van der Waals surface area contributed by atoms with Crippen molar-refractivity contribution < 1.29 is 4.42 Å². The second kappa shape index (κ2) is 13.5. The van der Waals surface area contributed by atoms with Crippen LogP contribution in [0.1, 0.15) is 0 Å². The Bertz CT molecular complexity index is 3940. The summed E-state index contributed by atoms with van der Waals surface area (Å²) in [6.45, 7) is 0. The lowest BCUT2D eigenvalue weighted by Gasteiger charge is -2.13. The van der Waals surface area contributed by atoms with Gasteiger partial charge in [0.15, 0.2) is 23.1 Å². The number of rotatable bonds is 5. The largest absolute Gasteiger partial charge is 0.454 e. The molecule has 0 aliphatic carbocycles. The van der Waals surface area contributed by atoms with Gasteiger partial charge in [0, 0.05) is 50.1 Å². The third kappa shape index (κ3) is 5.37. The molecule has 0 spiro atoms. The summed E-state index contributed by atoms with van der Waals surface area (Å²) in [6.07, 6.45) is 3.55. The molecular formula is C56H33N5O. The molecule has 0 aliphatic rings. The van der Waals surface area contributed by atoms with Crippen molar-refractivity contribution in [3.05, 3.63) is 200 Å². The van der Waals surface area contributed by atoms with Gasteiger partial charge < -0.3 is 8.98 Å². The molecule has 0 aliphatic heterocycles. The molecule has 0 amide bonds. The highest BCUT2D eigenvalue weighted by Gasteiger charge is 2.20. The Morgan fingerprint density at radius 3 is 1.90 bits per heavy atom. The minimum Gasteiger partial charge on any atom is -0.454 e. The number of aromatic nitrogens is 5. The first-order valence-electron chi connectivity index (χ1n) is 20.8. The maximum Gasteiger partial charge on any atom is 0.164 e. The minimum atomic E-state index is 0.570. The van der Waals surface area contributed by atoms with Gasteiger partial charge >= 0.3 is 0 Å². The Balaban J connectivity index is 0.972. The molecule has 0 N–H and O–H groups in total. The number of nitrogens with zero attached hydrogens (tertiary/aromatic N) is 5. The van der Waals surface area contributed by atoms with Crippen LogP contribution in [0.25, 0.3) is 127 Å². The SMILES string of the molecule is c1cc(-c2ccc(-n3c4ccccc4c4cc5ccccc5cc43)cc2)cc(-c2nc(-c3cc4ccccc4c4ccccc34)nc(-c3cccc4oc5cnccc5c34)n2)c1. The second-order valence-corrected chi connectivity index (χ2v) is 15.8. The summed E-state index contributed by atoms with van der Waals surface area (Å²) in [7, 11) is 0. The van der Waals surface area contributed by atoms with E-state index < -0.39 is 0 Å². The van der Waals surface area contributed by atoms with E-state index in [2.05, 4.69) is 179 Å². The molecule has 6 nitrogen and oxygen atoms in total. The molecule has 4 aromatic heterocycles. The minimum absolute atomic E-state index is 0.570. The highest BCUT2D eigenvalue weighted by molar-refractivity contribution is 6.15. The van der Waals surface area contributed by atoms with E-state index in [1.807, 2.05) is 18.2 Å². The molecule has 9 aromatic carbocycles. The van der Waals surface area contributed by atoms with Crippen molar-refractivity contribution in [2.45, 2.75) is 0 Å². The number of para-hydroxylation sites is 1. The molecule has 0 fully saturated rings. The van der Waals surface area contributed by atoms with Crippen molar-refractivity contribution in [2.24, 2.45) is 0 Å². The quantitative estimate of drug-likeness (QED) is 0.162. The van der Waals surface area contributed by atoms with Crippen LogP contribution in [0.5, 0.6) is 0 Å². The topological polar surface area (TPSA) is 69.6 Å². The van der Waals surface area contributed by atoms with E-state index >= 15 is 0 Å². The molecule has 13 aromatic rings. The predicted molar refractivity (Wildman–Crippen MR) is 254 cm³/mol. The van der Waals surface area contributed by atoms with Gasteiger partial charge in [-0.25, -0.2) is 15.0 Å². The second-order valence-electron chi connectivity index (χ2n) is 15.8. The van der Waals surface area contributed by atoms with Crippen LogP contribution in [0.2, 0.25) is 0 Å². The number of hydrogen-bond acceptors (Lipinski definition) is 5. The van der Waals surface area contributed by atoms with E-state index in [1.165, 1.54) is 38.0 Å². The van der Waals surface area contributed by atoms with Crippen molar-refractivity contribution in [1.29, 1.82) is 0 Å². The van der Waals surface area contributed by atoms with Gasteiger partial charge in [0.1, 0.15) is 5.58 Å². The van der Waals surface area contributed by atoms with Gasteiger partial charge in [-0.3, -0.25) is 4.98 Å². The summed E-state index contributed by atoms with van der Waals surface area (Å²) in [6, 6.07) is 66.5. The van der Waals surface area contributed by atoms with Crippen LogP contribution >= 0.6 is 0 Å². The molecule has 62 heavy (non-hydrogen) atoms. The van der Waals surface area contributed by atoms with Gasteiger partial charge in [-0.1, -0.05) is 133 Å². The molecule has 288 valence electrons. The van der Waals surface area contributed by atoms with Gasteiger partial charge in [-0.2, -0.15) is 0 Å². The van der Waals surface area contributed by atoms with Crippen molar-refractivity contribution in [3.63, 3.8) is 0 Å². The fourth-order valence-electron chi connectivity index (χ4n) is 9.43. The number of benzene rings is 9. The molecule has 0 bridgehead atoms. The average Bonchev–Trinajstić information content (AvgIpc) is 3.88. The van der Waals surface area contributed by atoms with Crippen LogP contribution in [0, 0.1) is 0 Å². The van der Waals surface area contributed by atoms with Gasteiger partial charge in [0.05, 0.1) is 17.2 Å². The lowest BCUT2D eigenvalue weighted by molar-refractivity contribution is 0.667. The maximum atomic E-state index is 6.27. The Labute approximate surface area is 355 Å². The number of furan rings is 1. The zero-order valence-corrected chi connectivity index (χ0v) is 33.2. The summed E-state index contributed by atoms with van der Waals surface area (Å²) in [5, 5.41) is 11.4. The third-order valence-electron chi connectivity index (χ3n) is 12.3. The molecule has 13 rings (SSSR count). The molecule has 0 saturated heterocycles. The number of hydrogen-bond donors (Lipinski definition) is 0.